The first-order chi connectivity index (χ1) is 10.7. The van der Waals surface area contributed by atoms with Gasteiger partial charge < -0.3 is 14.8 Å². The van der Waals surface area contributed by atoms with Crippen molar-refractivity contribution in [3.05, 3.63) is 58.9 Å². The molecule has 1 aliphatic rings. The van der Waals surface area contributed by atoms with Gasteiger partial charge in [-0.05, 0) is 25.5 Å². The Kier molecular flexibility index (Phi) is 5.85. The maximum Gasteiger partial charge on any atom is 0.255 e. The van der Waals surface area contributed by atoms with Gasteiger partial charge in [-0.25, -0.2) is 0 Å². The van der Waals surface area contributed by atoms with Crippen molar-refractivity contribution < 1.29 is 4.79 Å². The summed E-state index contributed by atoms with van der Waals surface area (Å²) in [6.07, 6.45) is 0. The van der Waals surface area contributed by atoms with E-state index >= 15 is 0 Å². The third kappa shape index (κ3) is 3.77. The Hall–Kier alpha value is -1.78. The van der Waals surface area contributed by atoms with Crippen LogP contribution >= 0.6 is 12.4 Å². The van der Waals surface area contributed by atoms with Crippen molar-refractivity contribution >= 4 is 18.3 Å². The predicted molar refractivity (Wildman–Crippen MR) is 95.5 cm³/mol. The lowest BCUT2D eigenvalue weighted by Gasteiger charge is -2.27. The van der Waals surface area contributed by atoms with Crippen LogP contribution < -0.4 is 5.32 Å². The number of aromatic nitrogens is 1. The smallest absolute Gasteiger partial charge is 0.255 e. The maximum absolute atomic E-state index is 12.7. The first-order valence-electron chi connectivity index (χ1n) is 7.87. The van der Waals surface area contributed by atoms with Crippen molar-refractivity contribution in [1.82, 2.24) is 14.8 Å². The van der Waals surface area contributed by atoms with Crippen molar-refractivity contribution in [1.29, 1.82) is 0 Å². The summed E-state index contributed by atoms with van der Waals surface area (Å²) < 4.78 is 2.23. The molecule has 0 unspecified atom stereocenters. The van der Waals surface area contributed by atoms with Crippen LogP contribution in [0.2, 0.25) is 0 Å². The van der Waals surface area contributed by atoms with Crippen molar-refractivity contribution in [2.24, 2.45) is 0 Å². The highest BCUT2D eigenvalue weighted by atomic mass is 35.5. The number of nitrogens with one attached hydrogen (secondary N) is 1. The van der Waals surface area contributed by atoms with Crippen molar-refractivity contribution in [3.8, 4) is 0 Å². The molecule has 0 bridgehead atoms. The summed E-state index contributed by atoms with van der Waals surface area (Å²) in [7, 11) is 0. The molecule has 3 rings (SSSR count). The average Bonchev–Trinajstić information content (AvgIpc) is 2.84. The molecule has 0 atom stereocenters. The molecule has 1 aromatic heterocycles. The molecule has 1 N–H and O–H groups in total. The van der Waals surface area contributed by atoms with Crippen LogP contribution in [0, 0.1) is 13.8 Å². The van der Waals surface area contributed by atoms with Crippen LogP contribution in [0.4, 0.5) is 0 Å². The number of carbonyl (C=O) groups excluding carboxylic acids is 1. The van der Waals surface area contributed by atoms with Crippen LogP contribution in [0.25, 0.3) is 0 Å². The van der Waals surface area contributed by atoms with Gasteiger partial charge in [-0.1, -0.05) is 30.3 Å². The van der Waals surface area contributed by atoms with E-state index in [2.05, 4.69) is 41.1 Å². The van der Waals surface area contributed by atoms with Gasteiger partial charge in [0, 0.05) is 44.1 Å². The molecule has 0 radical (unpaired) electrons. The van der Waals surface area contributed by atoms with Crippen LogP contribution in [-0.2, 0) is 6.54 Å². The largest absolute Gasteiger partial charge is 0.344 e. The molecular formula is C18H24ClN3O. The van der Waals surface area contributed by atoms with Gasteiger partial charge in [0.25, 0.3) is 5.91 Å². The zero-order chi connectivity index (χ0) is 15.5. The summed E-state index contributed by atoms with van der Waals surface area (Å²) in [6, 6.07) is 12.4. The van der Waals surface area contributed by atoms with Gasteiger partial charge in [0.2, 0.25) is 0 Å². The van der Waals surface area contributed by atoms with Gasteiger partial charge >= 0.3 is 0 Å². The molecular weight excluding hydrogens is 310 g/mol. The Morgan fingerprint density at radius 1 is 1.13 bits per heavy atom. The van der Waals surface area contributed by atoms with E-state index in [9.17, 15) is 4.79 Å². The SMILES string of the molecule is Cc1cc(C(=O)N2CCNCC2)c(C)n1Cc1ccccc1.Cl. The average molecular weight is 334 g/mol. The molecule has 4 nitrogen and oxygen atoms in total. The van der Waals surface area contributed by atoms with Crippen molar-refractivity contribution in [2.45, 2.75) is 20.4 Å². The number of halogens is 1. The molecule has 0 aliphatic carbocycles. The Balaban J connectivity index is 0.00000192. The van der Waals surface area contributed by atoms with E-state index in [0.29, 0.717) is 0 Å². The van der Waals surface area contributed by atoms with Gasteiger partial charge in [-0.2, -0.15) is 0 Å². The van der Waals surface area contributed by atoms with E-state index in [1.807, 2.05) is 24.0 Å². The molecule has 23 heavy (non-hydrogen) atoms. The molecule has 1 aromatic carbocycles. The zero-order valence-corrected chi connectivity index (χ0v) is 14.5. The number of hydrogen-bond acceptors (Lipinski definition) is 2. The summed E-state index contributed by atoms with van der Waals surface area (Å²) in [5.41, 5.74) is 4.30. The molecule has 124 valence electrons. The molecule has 1 saturated heterocycles. The van der Waals surface area contributed by atoms with E-state index < -0.39 is 0 Å². The standard InChI is InChI=1S/C18H23N3O.ClH/c1-14-12-17(18(22)20-10-8-19-9-11-20)15(2)21(14)13-16-6-4-3-5-7-16;/h3-7,12,19H,8-11,13H2,1-2H3;1H. The number of rotatable bonds is 3. The van der Waals surface area contributed by atoms with Crippen molar-refractivity contribution in [2.75, 3.05) is 26.2 Å². The maximum atomic E-state index is 12.7. The van der Waals surface area contributed by atoms with Crippen LogP contribution in [-0.4, -0.2) is 41.6 Å². The third-order valence-corrected chi connectivity index (χ3v) is 4.39. The fourth-order valence-corrected chi connectivity index (χ4v) is 3.07. The molecule has 0 saturated carbocycles. The Morgan fingerprint density at radius 3 is 2.43 bits per heavy atom. The molecule has 1 fully saturated rings. The lowest BCUT2D eigenvalue weighted by molar-refractivity contribution is 0.0735. The first-order valence-corrected chi connectivity index (χ1v) is 7.87. The molecule has 5 heteroatoms. The molecule has 2 aromatic rings. The summed E-state index contributed by atoms with van der Waals surface area (Å²) >= 11 is 0. The number of nitrogens with zero attached hydrogens (tertiary/aromatic N) is 2. The van der Waals surface area contributed by atoms with E-state index in [1.165, 1.54) is 5.56 Å². The Labute approximate surface area is 143 Å². The summed E-state index contributed by atoms with van der Waals surface area (Å²) in [4.78, 5) is 14.7. The fourth-order valence-electron chi connectivity index (χ4n) is 3.07. The minimum absolute atomic E-state index is 0. The quantitative estimate of drug-likeness (QED) is 0.937. The normalized spacial score (nSPS) is 14.4. The van der Waals surface area contributed by atoms with Crippen molar-refractivity contribution in [3.63, 3.8) is 0 Å². The van der Waals surface area contributed by atoms with Crippen LogP contribution in [0.15, 0.2) is 36.4 Å². The number of piperazine rings is 1. The lowest BCUT2D eigenvalue weighted by Crippen LogP contribution is -2.46. The fraction of sp³-hybridized carbons (Fsp3) is 0.389. The van der Waals surface area contributed by atoms with Gasteiger partial charge in [-0.15, -0.1) is 12.4 Å². The van der Waals surface area contributed by atoms with Gasteiger partial charge in [0.15, 0.2) is 0 Å². The minimum atomic E-state index is 0. The molecule has 2 heterocycles. The number of amides is 1. The first kappa shape index (κ1) is 17.6. The minimum Gasteiger partial charge on any atom is -0.344 e. The van der Waals surface area contributed by atoms with E-state index in [1.54, 1.807) is 0 Å². The number of carbonyl (C=O) groups is 1. The van der Waals surface area contributed by atoms with Gasteiger partial charge in [0.1, 0.15) is 0 Å². The van der Waals surface area contributed by atoms with Gasteiger partial charge in [-0.3, -0.25) is 4.79 Å². The Morgan fingerprint density at radius 2 is 1.78 bits per heavy atom. The second-order valence-corrected chi connectivity index (χ2v) is 5.90. The van der Waals surface area contributed by atoms with E-state index in [-0.39, 0.29) is 18.3 Å². The molecule has 0 spiro atoms. The second-order valence-electron chi connectivity index (χ2n) is 5.90. The number of hydrogen-bond donors (Lipinski definition) is 1. The van der Waals surface area contributed by atoms with E-state index in [4.69, 9.17) is 0 Å². The van der Waals surface area contributed by atoms with E-state index in [0.717, 1.165) is 49.7 Å². The number of aryl methyl sites for hydroxylation is 1. The lowest BCUT2D eigenvalue weighted by atomic mass is 10.2. The third-order valence-electron chi connectivity index (χ3n) is 4.39. The summed E-state index contributed by atoms with van der Waals surface area (Å²) in [6.45, 7) is 8.29. The highest BCUT2D eigenvalue weighted by Gasteiger charge is 2.22. The second kappa shape index (κ2) is 7.66. The highest BCUT2D eigenvalue weighted by molar-refractivity contribution is 5.95. The zero-order valence-electron chi connectivity index (χ0n) is 13.7. The summed E-state index contributed by atoms with van der Waals surface area (Å²) in [5, 5.41) is 3.29. The summed E-state index contributed by atoms with van der Waals surface area (Å²) in [5.74, 6) is 0.161. The van der Waals surface area contributed by atoms with Crippen LogP contribution in [0.3, 0.4) is 0 Å². The predicted octanol–water partition coefficient (Wildman–Crippen LogP) is 2.62. The topological polar surface area (TPSA) is 37.3 Å². The highest BCUT2D eigenvalue weighted by Crippen LogP contribution is 2.19. The molecule has 1 aliphatic heterocycles. The van der Waals surface area contributed by atoms with Crippen LogP contribution in [0.5, 0.6) is 0 Å². The molecule has 1 amide bonds. The Bertz CT molecular complexity index is 660. The van der Waals surface area contributed by atoms with Gasteiger partial charge in [0.05, 0.1) is 5.56 Å². The monoisotopic (exact) mass is 333 g/mol. The van der Waals surface area contributed by atoms with Crippen LogP contribution in [0.1, 0.15) is 27.3 Å². The number of benzene rings is 1.